The number of benzene rings is 2. The lowest BCUT2D eigenvalue weighted by Crippen LogP contribution is -2.33. The zero-order chi connectivity index (χ0) is 20.4. The number of nitrogens with zero attached hydrogens (tertiary/aromatic N) is 1. The Morgan fingerprint density at radius 1 is 1.03 bits per heavy atom. The average molecular weight is 429 g/mol. The second kappa shape index (κ2) is 8.52. The summed E-state index contributed by atoms with van der Waals surface area (Å²) in [7, 11) is 0. The number of furan rings is 1. The van der Waals surface area contributed by atoms with Crippen LogP contribution in [0, 0.1) is 5.92 Å². The molecule has 0 saturated carbocycles. The van der Waals surface area contributed by atoms with E-state index >= 15 is 0 Å². The normalized spacial score (nSPS) is 14.8. The molecule has 0 spiro atoms. The van der Waals surface area contributed by atoms with E-state index in [4.69, 9.17) is 27.6 Å². The van der Waals surface area contributed by atoms with Gasteiger partial charge in [0.2, 0.25) is 0 Å². The quantitative estimate of drug-likeness (QED) is 0.500. The number of piperidine rings is 1. The van der Waals surface area contributed by atoms with Crippen molar-refractivity contribution < 1.29 is 9.21 Å². The lowest BCUT2D eigenvalue weighted by atomic mass is 9.98. The second-order valence-electron chi connectivity index (χ2n) is 7.41. The summed E-state index contributed by atoms with van der Waals surface area (Å²) in [5, 5.41) is 3.84. The third-order valence-corrected chi connectivity index (χ3v) is 6.14. The van der Waals surface area contributed by atoms with Crippen molar-refractivity contribution in [1.29, 1.82) is 0 Å². The van der Waals surface area contributed by atoms with E-state index in [2.05, 4.69) is 17.1 Å². The molecule has 29 heavy (non-hydrogen) atoms. The predicted molar refractivity (Wildman–Crippen MR) is 119 cm³/mol. The summed E-state index contributed by atoms with van der Waals surface area (Å²) in [6.07, 6.45) is 2.31. The van der Waals surface area contributed by atoms with Crippen LogP contribution < -0.4 is 10.2 Å². The summed E-state index contributed by atoms with van der Waals surface area (Å²) < 4.78 is 5.77. The summed E-state index contributed by atoms with van der Waals surface area (Å²) >= 11 is 12.3. The highest BCUT2D eigenvalue weighted by Gasteiger charge is 2.20. The number of amides is 1. The zero-order valence-corrected chi connectivity index (χ0v) is 17.6. The van der Waals surface area contributed by atoms with E-state index in [0.717, 1.165) is 43.2 Å². The van der Waals surface area contributed by atoms with Gasteiger partial charge in [0.25, 0.3) is 5.91 Å². The van der Waals surface area contributed by atoms with Crippen molar-refractivity contribution in [2.45, 2.75) is 19.8 Å². The van der Waals surface area contributed by atoms with Crippen molar-refractivity contribution in [2.75, 3.05) is 23.3 Å². The largest absolute Gasteiger partial charge is 0.451 e. The Balaban J connectivity index is 1.54. The summed E-state index contributed by atoms with van der Waals surface area (Å²) in [5.74, 6) is 1.17. The molecule has 0 radical (unpaired) electrons. The van der Waals surface area contributed by atoms with Crippen molar-refractivity contribution in [3.05, 3.63) is 70.4 Å². The van der Waals surface area contributed by atoms with Crippen LogP contribution in [0.2, 0.25) is 10.0 Å². The highest BCUT2D eigenvalue weighted by molar-refractivity contribution is 6.43. The van der Waals surface area contributed by atoms with Crippen LogP contribution in [0.25, 0.3) is 11.3 Å². The van der Waals surface area contributed by atoms with Gasteiger partial charge in [0.1, 0.15) is 5.76 Å². The van der Waals surface area contributed by atoms with Gasteiger partial charge in [-0.3, -0.25) is 4.79 Å². The molecule has 0 bridgehead atoms. The Morgan fingerprint density at radius 3 is 2.59 bits per heavy atom. The van der Waals surface area contributed by atoms with E-state index in [-0.39, 0.29) is 11.7 Å². The minimum absolute atomic E-state index is 0.220. The zero-order valence-electron chi connectivity index (χ0n) is 16.1. The summed E-state index contributed by atoms with van der Waals surface area (Å²) in [5.41, 5.74) is 2.48. The van der Waals surface area contributed by atoms with Crippen molar-refractivity contribution in [3.8, 4) is 11.3 Å². The number of hydrogen-bond donors (Lipinski definition) is 1. The fourth-order valence-electron chi connectivity index (χ4n) is 3.59. The number of halogens is 2. The fourth-order valence-corrected chi connectivity index (χ4v) is 3.98. The molecule has 1 amide bonds. The monoisotopic (exact) mass is 428 g/mol. The molecule has 4 nitrogen and oxygen atoms in total. The first-order valence-electron chi connectivity index (χ1n) is 9.72. The SMILES string of the molecule is CC1CCN(c2ccccc2NC(=O)c2ccc(-c3cccc(Cl)c3Cl)o2)CC1. The van der Waals surface area contributed by atoms with Crippen LogP contribution in [-0.4, -0.2) is 19.0 Å². The minimum Gasteiger partial charge on any atom is -0.451 e. The Hall–Kier alpha value is -2.43. The van der Waals surface area contributed by atoms with E-state index in [1.165, 1.54) is 0 Å². The van der Waals surface area contributed by atoms with Crippen LogP contribution in [0.5, 0.6) is 0 Å². The van der Waals surface area contributed by atoms with Crippen LogP contribution in [0.3, 0.4) is 0 Å². The summed E-state index contributed by atoms with van der Waals surface area (Å²) in [6.45, 7) is 4.27. The van der Waals surface area contributed by atoms with Crippen molar-refractivity contribution in [3.63, 3.8) is 0 Å². The Bertz CT molecular complexity index is 1020. The first-order chi connectivity index (χ1) is 14.0. The topological polar surface area (TPSA) is 45.5 Å². The predicted octanol–water partition coefficient (Wildman–Crippen LogP) is 6.74. The first-order valence-corrected chi connectivity index (χ1v) is 10.5. The van der Waals surface area contributed by atoms with Gasteiger partial charge in [-0.2, -0.15) is 0 Å². The lowest BCUT2D eigenvalue weighted by molar-refractivity contribution is 0.0997. The molecular formula is C23H22Cl2N2O2. The van der Waals surface area contributed by atoms with Gasteiger partial charge < -0.3 is 14.6 Å². The van der Waals surface area contributed by atoms with Gasteiger partial charge in [-0.05, 0) is 55.2 Å². The molecule has 0 atom stereocenters. The Labute approximate surface area is 180 Å². The standard InChI is InChI=1S/C23H22Cl2N2O2/c1-15-11-13-27(14-12-15)19-8-3-2-7-18(19)26-23(28)21-10-9-20(29-21)16-5-4-6-17(24)22(16)25/h2-10,15H,11-14H2,1H3,(H,26,28). The maximum atomic E-state index is 12.8. The van der Waals surface area contributed by atoms with E-state index < -0.39 is 0 Å². The molecule has 6 heteroatoms. The third-order valence-electron chi connectivity index (χ3n) is 5.32. The molecule has 1 N–H and O–H groups in total. The highest BCUT2D eigenvalue weighted by Crippen LogP contribution is 2.35. The molecule has 1 aliphatic heterocycles. The number of para-hydroxylation sites is 2. The Kier molecular flexibility index (Phi) is 5.84. The van der Waals surface area contributed by atoms with Gasteiger partial charge in [0.05, 0.1) is 21.4 Å². The van der Waals surface area contributed by atoms with Crippen LogP contribution in [-0.2, 0) is 0 Å². The smallest absolute Gasteiger partial charge is 0.291 e. The molecular weight excluding hydrogens is 407 g/mol. The molecule has 1 aliphatic rings. The number of carbonyl (C=O) groups excluding carboxylic acids is 1. The maximum absolute atomic E-state index is 12.8. The van der Waals surface area contributed by atoms with Gasteiger partial charge in [-0.1, -0.05) is 48.3 Å². The number of anilines is 2. The van der Waals surface area contributed by atoms with Crippen LogP contribution in [0.4, 0.5) is 11.4 Å². The van der Waals surface area contributed by atoms with Gasteiger partial charge >= 0.3 is 0 Å². The summed E-state index contributed by atoms with van der Waals surface area (Å²) in [4.78, 5) is 15.1. The molecule has 1 aromatic heterocycles. The van der Waals surface area contributed by atoms with E-state index in [1.807, 2.05) is 24.3 Å². The third kappa shape index (κ3) is 4.29. The first kappa shape index (κ1) is 19.9. The van der Waals surface area contributed by atoms with E-state index in [1.54, 1.807) is 30.3 Å². The highest BCUT2D eigenvalue weighted by atomic mass is 35.5. The molecule has 2 aromatic carbocycles. The van der Waals surface area contributed by atoms with Gasteiger partial charge in [0.15, 0.2) is 5.76 Å². The molecule has 1 saturated heterocycles. The van der Waals surface area contributed by atoms with Crippen molar-refractivity contribution in [1.82, 2.24) is 0 Å². The lowest BCUT2D eigenvalue weighted by Gasteiger charge is -2.33. The molecule has 1 fully saturated rings. The number of carbonyl (C=O) groups is 1. The average Bonchev–Trinajstić information content (AvgIpc) is 3.21. The van der Waals surface area contributed by atoms with Gasteiger partial charge in [-0.25, -0.2) is 0 Å². The summed E-state index contributed by atoms with van der Waals surface area (Å²) in [6, 6.07) is 16.6. The fraction of sp³-hybridized carbons (Fsp3) is 0.261. The van der Waals surface area contributed by atoms with Crippen LogP contribution in [0.15, 0.2) is 59.0 Å². The second-order valence-corrected chi connectivity index (χ2v) is 8.19. The van der Waals surface area contributed by atoms with Crippen molar-refractivity contribution in [2.24, 2.45) is 5.92 Å². The van der Waals surface area contributed by atoms with Crippen molar-refractivity contribution >= 4 is 40.5 Å². The number of hydrogen-bond acceptors (Lipinski definition) is 3. The molecule has 0 aliphatic carbocycles. The van der Waals surface area contributed by atoms with Crippen LogP contribution >= 0.6 is 23.2 Å². The van der Waals surface area contributed by atoms with E-state index in [9.17, 15) is 4.79 Å². The van der Waals surface area contributed by atoms with Crippen LogP contribution in [0.1, 0.15) is 30.3 Å². The molecule has 4 rings (SSSR count). The molecule has 2 heterocycles. The van der Waals surface area contributed by atoms with Gasteiger partial charge in [-0.15, -0.1) is 0 Å². The van der Waals surface area contributed by atoms with Gasteiger partial charge in [0, 0.05) is 18.7 Å². The Morgan fingerprint density at radius 2 is 1.79 bits per heavy atom. The molecule has 0 unspecified atom stereocenters. The minimum atomic E-state index is -0.299. The molecule has 3 aromatic rings. The number of rotatable bonds is 4. The molecule has 150 valence electrons. The maximum Gasteiger partial charge on any atom is 0.291 e. The van der Waals surface area contributed by atoms with E-state index in [0.29, 0.717) is 21.4 Å². The number of nitrogens with one attached hydrogen (secondary N) is 1.